The van der Waals surface area contributed by atoms with Crippen molar-refractivity contribution in [1.82, 2.24) is 19.8 Å². The number of hydrogen-bond donors (Lipinski definition) is 2. The first-order valence-corrected chi connectivity index (χ1v) is 10.0. The van der Waals surface area contributed by atoms with Crippen LogP contribution in [0.3, 0.4) is 0 Å². The molecule has 2 aromatic rings. The molecule has 0 bridgehead atoms. The van der Waals surface area contributed by atoms with E-state index in [9.17, 15) is 5.11 Å². The van der Waals surface area contributed by atoms with Crippen LogP contribution in [0.25, 0.3) is 0 Å². The molecule has 1 aromatic carbocycles. The summed E-state index contributed by atoms with van der Waals surface area (Å²) in [6.07, 6.45) is 6.11. The molecule has 1 unspecified atom stereocenters. The zero-order valence-corrected chi connectivity index (χ0v) is 17.3. The molecule has 28 heavy (non-hydrogen) atoms. The highest BCUT2D eigenvalue weighted by Crippen LogP contribution is 2.28. The van der Waals surface area contributed by atoms with Crippen molar-refractivity contribution in [2.75, 3.05) is 39.9 Å². The van der Waals surface area contributed by atoms with Gasteiger partial charge in [-0.3, -0.25) is 0 Å². The molecule has 1 atom stereocenters. The highest BCUT2D eigenvalue weighted by molar-refractivity contribution is 5.43. The van der Waals surface area contributed by atoms with Gasteiger partial charge >= 0.3 is 0 Å². The number of nitrogens with one attached hydrogen (secondary N) is 1. The maximum atomic E-state index is 10.2. The van der Waals surface area contributed by atoms with Gasteiger partial charge in [-0.1, -0.05) is 19.9 Å². The first-order valence-electron chi connectivity index (χ1n) is 10.0. The summed E-state index contributed by atoms with van der Waals surface area (Å²) in [4.78, 5) is 6.22. The fourth-order valence-electron chi connectivity index (χ4n) is 3.00. The predicted octanol–water partition coefficient (Wildman–Crippen LogP) is 2.15. The molecule has 1 heterocycles. The summed E-state index contributed by atoms with van der Waals surface area (Å²) in [5.41, 5.74) is 1.12. The number of methoxy groups -OCH3 is 1. The second kappa shape index (κ2) is 12.4. The number of imidazole rings is 1. The maximum Gasteiger partial charge on any atom is 0.161 e. The van der Waals surface area contributed by atoms with Gasteiger partial charge in [0.2, 0.25) is 0 Å². The Balaban J connectivity index is 1.79. The van der Waals surface area contributed by atoms with Crippen LogP contribution in [-0.4, -0.2) is 65.6 Å². The van der Waals surface area contributed by atoms with E-state index in [4.69, 9.17) is 9.47 Å². The summed E-state index contributed by atoms with van der Waals surface area (Å²) in [6.45, 7) is 9.49. The van der Waals surface area contributed by atoms with Gasteiger partial charge in [0.25, 0.3) is 0 Å². The lowest BCUT2D eigenvalue weighted by Gasteiger charge is -2.22. The van der Waals surface area contributed by atoms with Gasteiger partial charge in [0.15, 0.2) is 11.5 Å². The number of hydrogen-bond acceptors (Lipinski definition) is 6. The molecule has 0 amide bonds. The van der Waals surface area contributed by atoms with Crippen LogP contribution in [0.5, 0.6) is 11.5 Å². The van der Waals surface area contributed by atoms with Gasteiger partial charge in [-0.05, 0) is 43.8 Å². The molecule has 2 N–H and O–H groups in total. The largest absolute Gasteiger partial charge is 0.493 e. The van der Waals surface area contributed by atoms with Crippen molar-refractivity contribution in [3.63, 3.8) is 0 Å². The number of aromatic nitrogens is 2. The quantitative estimate of drug-likeness (QED) is 0.482. The molecule has 0 aliphatic carbocycles. The summed E-state index contributed by atoms with van der Waals surface area (Å²) in [6, 6.07) is 5.92. The molecule has 0 fully saturated rings. The van der Waals surface area contributed by atoms with E-state index in [1.165, 1.54) is 0 Å². The smallest absolute Gasteiger partial charge is 0.161 e. The molecule has 7 heteroatoms. The number of aliphatic hydroxyl groups excluding tert-OH is 1. The van der Waals surface area contributed by atoms with Crippen molar-refractivity contribution in [3.05, 3.63) is 42.5 Å². The van der Waals surface area contributed by atoms with E-state index in [1.807, 2.05) is 30.7 Å². The van der Waals surface area contributed by atoms with E-state index in [0.717, 1.165) is 44.7 Å². The van der Waals surface area contributed by atoms with Crippen LogP contribution in [0.2, 0.25) is 0 Å². The van der Waals surface area contributed by atoms with E-state index in [2.05, 4.69) is 33.6 Å². The summed E-state index contributed by atoms with van der Waals surface area (Å²) in [7, 11) is 1.63. The van der Waals surface area contributed by atoms with Crippen LogP contribution in [0, 0.1) is 0 Å². The number of aryl methyl sites for hydroxylation is 1. The van der Waals surface area contributed by atoms with Gasteiger partial charge in [-0.25, -0.2) is 4.98 Å². The summed E-state index contributed by atoms with van der Waals surface area (Å²) in [5, 5.41) is 13.7. The Hall–Kier alpha value is -2.09. The first kappa shape index (κ1) is 22.2. The molecular weight excluding hydrogens is 356 g/mol. The molecular formula is C21H34N4O3. The van der Waals surface area contributed by atoms with E-state index in [-0.39, 0.29) is 6.61 Å². The Labute approximate surface area is 168 Å². The molecule has 0 saturated carbocycles. The van der Waals surface area contributed by atoms with Gasteiger partial charge in [-0.2, -0.15) is 0 Å². The van der Waals surface area contributed by atoms with Crippen LogP contribution in [0.1, 0.15) is 25.8 Å². The third kappa shape index (κ3) is 7.50. The standard InChI is InChI=1S/C21H34N4O3/c1-4-24(5-2)15-19(26)16-28-21-13-18(7-8-20(21)27-3)14-22-9-6-11-25-12-10-23-17-25/h7-8,10,12-13,17,19,22,26H,4-6,9,11,14-16H2,1-3H3. The van der Waals surface area contributed by atoms with Crippen molar-refractivity contribution in [1.29, 1.82) is 0 Å². The molecule has 0 aliphatic heterocycles. The third-order valence-electron chi connectivity index (χ3n) is 4.68. The number of ether oxygens (including phenoxy) is 2. The SMILES string of the molecule is CCN(CC)CC(O)COc1cc(CNCCCn2ccnc2)ccc1OC. The van der Waals surface area contributed by atoms with Crippen molar-refractivity contribution < 1.29 is 14.6 Å². The minimum absolute atomic E-state index is 0.245. The van der Waals surface area contributed by atoms with Crippen molar-refractivity contribution in [3.8, 4) is 11.5 Å². The topological polar surface area (TPSA) is 71.8 Å². The van der Waals surface area contributed by atoms with E-state index in [0.29, 0.717) is 18.0 Å². The Morgan fingerprint density at radius 3 is 2.75 bits per heavy atom. The predicted molar refractivity (Wildman–Crippen MR) is 111 cm³/mol. The van der Waals surface area contributed by atoms with Crippen molar-refractivity contribution >= 4 is 0 Å². The van der Waals surface area contributed by atoms with Crippen LogP contribution in [0.4, 0.5) is 0 Å². The highest BCUT2D eigenvalue weighted by atomic mass is 16.5. The number of likely N-dealkylation sites (N-methyl/N-ethyl adjacent to an activating group) is 1. The van der Waals surface area contributed by atoms with Crippen molar-refractivity contribution in [2.24, 2.45) is 0 Å². The Kier molecular flexibility index (Phi) is 9.82. The van der Waals surface area contributed by atoms with Crippen LogP contribution < -0.4 is 14.8 Å². The average molecular weight is 391 g/mol. The van der Waals surface area contributed by atoms with Crippen molar-refractivity contribution in [2.45, 2.75) is 39.5 Å². The molecule has 0 radical (unpaired) electrons. The molecule has 2 rings (SSSR count). The summed E-state index contributed by atoms with van der Waals surface area (Å²) >= 11 is 0. The number of benzene rings is 1. The molecule has 0 spiro atoms. The molecule has 0 saturated heterocycles. The lowest BCUT2D eigenvalue weighted by Crippen LogP contribution is -2.35. The third-order valence-corrected chi connectivity index (χ3v) is 4.68. The minimum Gasteiger partial charge on any atom is -0.493 e. The highest BCUT2D eigenvalue weighted by Gasteiger charge is 2.12. The minimum atomic E-state index is -0.533. The summed E-state index contributed by atoms with van der Waals surface area (Å²) in [5.74, 6) is 1.35. The summed E-state index contributed by atoms with van der Waals surface area (Å²) < 4.78 is 13.3. The average Bonchev–Trinajstić information content (AvgIpc) is 3.23. The Morgan fingerprint density at radius 1 is 1.25 bits per heavy atom. The normalized spacial score (nSPS) is 12.3. The fourth-order valence-corrected chi connectivity index (χ4v) is 3.00. The maximum absolute atomic E-state index is 10.2. The molecule has 156 valence electrons. The lowest BCUT2D eigenvalue weighted by molar-refractivity contribution is 0.0705. The Bertz CT molecular complexity index is 660. The first-order chi connectivity index (χ1) is 13.7. The second-order valence-electron chi connectivity index (χ2n) is 6.77. The van der Waals surface area contributed by atoms with Gasteiger partial charge < -0.3 is 29.4 Å². The van der Waals surface area contributed by atoms with Gasteiger partial charge in [0.1, 0.15) is 12.7 Å². The monoisotopic (exact) mass is 390 g/mol. The fraction of sp³-hybridized carbons (Fsp3) is 0.571. The molecule has 0 aliphatic rings. The number of aliphatic hydroxyl groups is 1. The second-order valence-corrected chi connectivity index (χ2v) is 6.77. The Morgan fingerprint density at radius 2 is 2.07 bits per heavy atom. The van der Waals surface area contributed by atoms with E-state index in [1.54, 1.807) is 13.3 Å². The lowest BCUT2D eigenvalue weighted by atomic mass is 10.2. The van der Waals surface area contributed by atoms with Crippen LogP contribution in [0.15, 0.2) is 36.9 Å². The van der Waals surface area contributed by atoms with Crippen LogP contribution >= 0.6 is 0 Å². The van der Waals surface area contributed by atoms with Gasteiger partial charge in [-0.15, -0.1) is 0 Å². The van der Waals surface area contributed by atoms with E-state index < -0.39 is 6.10 Å². The van der Waals surface area contributed by atoms with E-state index >= 15 is 0 Å². The number of rotatable bonds is 14. The molecule has 1 aromatic heterocycles. The molecule has 7 nitrogen and oxygen atoms in total. The number of nitrogens with zero attached hydrogens (tertiary/aromatic N) is 3. The van der Waals surface area contributed by atoms with Crippen LogP contribution in [-0.2, 0) is 13.1 Å². The van der Waals surface area contributed by atoms with Gasteiger partial charge in [0.05, 0.1) is 13.4 Å². The zero-order valence-electron chi connectivity index (χ0n) is 17.3. The zero-order chi connectivity index (χ0) is 20.2. The van der Waals surface area contributed by atoms with Gasteiger partial charge in [0, 0.05) is 32.0 Å².